The van der Waals surface area contributed by atoms with Crippen LogP contribution in [-0.2, 0) is 36.2 Å². The van der Waals surface area contributed by atoms with Gasteiger partial charge in [0.15, 0.2) is 16.6 Å². The van der Waals surface area contributed by atoms with Crippen molar-refractivity contribution < 1.29 is 33.1 Å². The number of carbonyl (C=O) groups is 3. The van der Waals surface area contributed by atoms with E-state index in [2.05, 4.69) is 92.9 Å². The van der Waals surface area contributed by atoms with Crippen LogP contribution < -0.4 is 0 Å². The number of esters is 1. The van der Waals surface area contributed by atoms with E-state index in [-0.39, 0.29) is 40.1 Å². The minimum atomic E-state index is -2.12. The number of rotatable bonds is 17. The lowest BCUT2D eigenvalue weighted by molar-refractivity contribution is -0.138. The van der Waals surface area contributed by atoms with Gasteiger partial charge in [-0.15, -0.1) is 0 Å². The SMILES string of the molecule is CC(=O)CC[C@H](CO[Si](C)(C)C(C)(C)C)Cc1ccc([C@@H]2CC[C@H](OC(=O)c3ccccc3)[C@@]2(C)CCC(=O)O)c(CO[Si](C)(C)C(C)(C)C)c1. The maximum atomic E-state index is 13.3. The fourth-order valence-electron chi connectivity index (χ4n) is 6.64. The summed E-state index contributed by atoms with van der Waals surface area (Å²) in [4.78, 5) is 37.3. The highest BCUT2D eigenvalue weighted by atomic mass is 28.4. The number of Topliss-reactive ketones (excluding diaryl/α,β-unsaturated/α-hetero) is 1. The highest BCUT2D eigenvalue weighted by molar-refractivity contribution is 6.74. The number of benzene rings is 2. The molecule has 0 aliphatic heterocycles. The third-order valence-electron chi connectivity index (χ3n) is 12.3. The van der Waals surface area contributed by atoms with Gasteiger partial charge >= 0.3 is 11.9 Å². The molecular weight excluding hydrogens is 673 g/mol. The first-order valence-corrected chi connectivity index (χ1v) is 24.7. The van der Waals surface area contributed by atoms with E-state index in [4.69, 9.17) is 13.6 Å². The minimum absolute atomic E-state index is 0.00761. The fraction of sp³-hybridized carbons (Fsp3) is 0.643. The molecule has 0 saturated heterocycles. The molecule has 9 heteroatoms. The van der Waals surface area contributed by atoms with Gasteiger partial charge in [-0.05, 0) is 116 Å². The van der Waals surface area contributed by atoms with Gasteiger partial charge < -0.3 is 23.5 Å². The van der Waals surface area contributed by atoms with Gasteiger partial charge in [0.25, 0.3) is 0 Å². The lowest BCUT2D eigenvalue weighted by atomic mass is 9.70. The molecule has 3 rings (SSSR count). The first-order valence-electron chi connectivity index (χ1n) is 18.8. The van der Waals surface area contributed by atoms with E-state index in [9.17, 15) is 19.5 Å². The normalized spacial score (nSPS) is 20.6. The van der Waals surface area contributed by atoms with Gasteiger partial charge in [0.1, 0.15) is 11.9 Å². The second-order valence-electron chi connectivity index (χ2n) is 18.3. The van der Waals surface area contributed by atoms with Crippen molar-refractivity contribution in [2.45, 2.75) is 155 Å². The Morgan fingerprint density at radius 2 is 1.49 bits per heavy atom. The molecule has 1 aliphatic rings. The number of aliphatic carboxylic acids is 1. The minimum Gasteiger partial charge on any atom is -0.481 e. The van der Waals surface area contributed by atoms with Crippen LogP contribution in [0.4, 0.5) is 0 Å². The maximum Gasteiger partial charge on any atom is 0.338 e. The van der Waals surface area contributed by atoms with E-state index in [0.29, 0.717) is 38.0 Å². The molecule has 0 radical (unpaired) electrons. The van der Waals surface area contributed by atoms with Gasteiger partial charge in [-0.3, -0.25) is 4.79 Å². The lowest BCUT2D eigenvalue weighted by Gasteiger charge is -2.39. The topological polar surface area (TPSA) is 99.1 Å². The summed E-state index contributed by atoms with van der Waals surface area (Å²) < 4.78 is 19.8. The number of ketones is 1. The molecule has 0 aromatic heterocycles. The standard InChI is InChI=1S/C42H66O7Si2/c1-30(43)18-19-32(28-47-50(9,10)40(2,3)4)26-31-20-21-35(34(27-31)29-48-51(11,12)41(5,6)7)36-22-23-37(42(36,8)25-24-38(44)45)49-39(46)33-16-14-13-15-17-33/h13-17,20-21,27,32,36-37H,18-19,22-26,28-29H2,1-12H3,(H,44,45)/t32-,36-,37-,42-/m0/s1. The number of ether oxygens (including phenoxy) is 1. The van der Waals surface area contributed by atoms with Gasteiger partial charge in [-0.1, -0.05) is 84.9 Å². The van der Waals surface area contributed by atoms with Gasteiger partial charge in [0, 0.05) is 24.9 Å². The van der Waals surface area contributed by atoms with E-state index < -0.39 is 34.1 Å². The maximum absolute atomic E-state index is 13.3. The van der Waals surface area contributed by atoms with Crippen LogP contribution in [0.25, 0.3) is 0 Å². The van der Waals surface area contributed by atoms with Crippen molar-refractivity contribution in [3.63, 3.8) is 0 Å². The quantitative estimate of drug-likeness (QED) is 0.127. The van der Waals surface area contributed by atoms with Crippen LogP contribution in [0, 0.1) is 11.3 Å². The van der Waals surface area contributed by atoms with E-state index in [1.807, 2.05) is 18.2 Å². The fourth-order valence-corrected chi connectivity index (χ4v) is 8.68. The Bertz CT molecular complexity index is 1490. The molecule has 0 unspecified atom stereocenters. The number of carbonyl (C=O) groups excluding carboxylic acids is 2. The van der Waals surface area contributed by atoms with Gasteiger partial charge in [0.2, 0.25) is 0 Å². The van der Waals surface area contributed by atoms with Crippen molar-refractivity contribution in [1.82, 2.24) is 0 Å². The van der Waals surface area contributed by atoms with Crippen LogP contribution in [0.1, 0.15) is 127 Å². The molecule has 2 aromatic rings. The Hall–Kier alpha value is -2.60. The molecule has 4 atom stereocenters. The molecule has 0 amide bonds. The monoisotopic (exact) mass is 738 g/mol. The molecule has 0 heterocycles. The summed E-state index contributed by atoms with van der Waals surface area (Å²) in [6, 6.07) is 15.7. The van der Waals surface area contributed by atoms with Crippen molar-refractivity contribution in [2.24, 2.45) is 11.3 Å². The second kappa shape index (κ2) is 17.0. The van der Waals surface area contributed by atoms with Gasteiger partial charge in [-0.2, -0.15) is 0 Å². The smallest absolute Gasteiger partial charge is 0.338 e. The van der Waals surface area contributed by atoms with Crippen molar-refractivity contribution in [3.05, 3.63) is 70.8 Å². The van der Waals surface area contributed by atoms with Gasteiger partial charge in [-0.25, -0.2) is 4.79 Å². The number of hydrogen-bond donors (Lipinski definition) is 1. The largest absolute Gasteiger partial charge is 0.481 e. The Morgan fingerprint density at radius 3 is 2.06 bits per heavy atom. The molecule has 1 aliphatic carbocycles. The summed E-state index contributed by atoms with van der Waals surface area (Å²) in [5, 5.41) is 9.91. The highest BCUT2D eigenvalue weighted by Crippen LogP contribution is 2.54. The summed E-state index contributed by atoms with van der Waals surface area (Å²) in [5.74, 6) is -0.875. The molecule has 1 fully saturated rings. The number of hydrogen-bond acceptors (Lipinski definition) is 6. The van der Waals surface area contributed by atoms with Crippen LogP contribution in [0.2, 0.25) is 36.3 Å². The molecule has 0 spiro atoms. The second-order valence-corrected chi connectivity index (χ2v) is 27.9. The lowest BCUT2D eigenvalue weighted by Crippen LogP contribution is -2.42. The zero-order valence-corrected chi connectivity index (χ0v) is 35.6. The Balaban J connectivity index is 2.03. The summed E-state index contributed by atoms with van der Waals surface area (Å²) >= 11 is 0. The summed E-state index contributed by atoms with van der Waals surface area (Å²) in [7, 11) is -4.10. The van der Waals surface area contributed by atoms with Gasteiger partial charge in [0.05, 0.1) is 12.2 Å². The molecule has 0 bridgehead atoms. The average Bonchev–Trinajstić information content (AvgIpc) is 3.34. The number of carboxylic acid groups (broad SMARTS) is 1. The highest BCUT2D eigenvalue weighted by Gasteiger charge is 2.50. The van der Waals surface area contributed by atoms with E-state index >= 15 is 0 Å². The van der Waals surface area contributed by atoms with E-state index in [0.717, 1.165) is 30.4 Å². The average molecular weight is 739 g/mol. The molecule has 2 aromatic carbocycles. The van der Waals surface area contributed by atoms with Crippen LogP contribution in [0.5, 0.6) is 0 Å². The van der Waals surface area contributed by atoms with E-state index in [1.165, 1.54) is 5.56 Å². The summed E-state index contributed by atoms with van der Waals surface area (Å²) in [6.07, 6.45) is 3.47. The summed E-state index contributed by atoms with van der Waals surface area (Å²) in [5.41, 5.74) is 3.33. The van der Waals surface area contributed by atoms with Crippen LogP contribution >= 0.6 is 0 Å². The first kappa shape index (κ1) is 42.8. The Labute approximate surface area is 310 Å². The predicted molar refractivity (Wildman–Crippen MR) is 211 cm³/mol. The first-order chi connectivity index (χ1) is 23.5. The van der Waals surface area contributed by atoms with Crippen LogP contribution in [-0.4, -0.2) is 52.2 Å². The summed E-state index contributed by atoms with van der Waals surface area (Å²) in [6.45, 7) is 27.4. The molecule has 1 saturated carbocycles. The van der Waals surface area contributed by atoms with E-state index in [1.54, 1.807) is 19.1 Å². The molecule has 7 nitrogen and oxygen atoms in total. The predicted octanol–water partition coefficient (Wildman–Crippen LogP) is 10.7. The van der Waals surface area contributed by atoms with Crippen molar-refractivity contribution in [2.75, 3.05) is 6.61 Å². The van der Waals surface area contributed by atoms with Crippen LogP contribution in [0.15, 0.2) is 48.5 Å². The van der Waals surface area contributed by atoms with Crippen LogP contribution in [0.3, 0.4) is 0 Å². The molecule has 284 valence electrons. The number of carboxylic acids is 1. The Kier molecular flexibility index (Phi) is 14.3. The van der Waals surface area contributed by atoms with Crippen molar-refractivity contribution >= 4 is 34.4 Å². The zero-order chi connectivity index (χ0) is 38.4. The third kappa shape index (κ3) is 11.4. The zero-order valence-electron chi connectivity index (χ0n) is 33.6. The van der Waals surface area contributed by atoms with Crippen molar-refractivity contribution in [1.29, 1.82) is 0 Å². The van der Waals surface area contributed by atoms with Crippen molar-refractivity contribution in [3.8, 4) is 0 Å². The molecule has 1 N–H and O–H groups in total. The Morgan fingerprint density at radius 1 is 0.882 bits per heavy atom. The molecular formula is C42H66O7Si2. The molecule has 51 heavy (non-hydrogen) atoms. The third-order valence-corrected chi connectivity index (χ3v) is 21.3.